The molecule has 140 valence electrons. The van der Waals surface area contributed by atoms with E-state index >= 15 is 0 Å². The number of nitrogens with one attached hydrogen (secondary N) is 1. The Bertz CT molecular complexity index is 851. The Hall–Kier alpha value is -2.03. The molecule has 1 saturated heterocycles. The Morgan fingerprint density at radius 3 is 2.38 bits per heavy atom. The predicted molar refractivity (Wildman–Crippen MR) is 99.6 cm³/mol. The lowest BCUT2D eigenvalue weighted by Crippen LogP contribution is -2.42. The molecule has 26 heavy (non-hydrogen) atoms. The van der Waals surface area contributed by atoms with E-state index in [-0.39, 0.29) is 4.90 Å². The lowest BCUT2D eigenvalue weighted by molar-refractivity contribution is 0.174. The van der Waals surface area contributed by atoms with Gasteiger partial charge in [0, 0.05) is 13.1 Å². The van der Waals surface area contributed by atoms with Crippen LogP contribution in [0.25, 0.3) is 0 Å². The van der Waals surface area contributed by atoms with Crippen LogP contribution in [0.3, 0.4) is 0 Å². The van der Waals surface area contributed by atoms with Crippen molar-refractivity contribution in [2.75, 3.05) is 18.0 Å². The number of benzene rings is 1. The summed E-state index contributed by atoms with van der Waals surface area (Å²) in [6.07, 6.45) is -0.817. The number of anilines is 1. The lowest BCUT2D eigenvalue weighted by Gasteiger charge is -2.17. The zero-order valence-corrected chi connectivity index (χ0v) is 15.9. The van der Waals surface area contributed by atoms with Crippen LogP contribution in [0.15, 0.2) is 41.3 Å². The number of sulfonamides is 1. The summed E-state index contributed by atoms with van der Waals surface area (Å²) in [7, 11) is -3.70. The first-order valence-electron chi connectivity index (χ1n) is 8.62. The maximum atomic E-state index is 12.6. The molecule has 1 aromatic heterocycles. The fourth-order valence-corrected chi connectivity index (χ4v) is 4.21. The quantitative estimate of drug-likeness (QED) is 0.820. The van der Waals surface area contributed by atoms with E-state index in [4.69, 9.17) is 0 Å². The van der Waals surface area contributed by atoms with Gasteiger partial charge in [-0.1, -0.05) is 26.0 Å². The molecule has 0 unspecified atom stereocenters. The van der Waals surface area contributed by atoms with Gasteiger partial charge < -0.3 is 10.0 Å². The van der Waals surface area contributed by atoms with Gasteiger partial charge in [-0.25, -0.2) is 13.1 Å². The second-order valence-corrected chi connectivity index (χ2v) is 8.67. The van der Waals surface area contributed by atoms with Crippen molar-refractivity contribution in [3.05, 3.63) is 47.7 Å². The van der Waals surface area contributed by atoms with E-state index in [9.17, 15) is 13.5 Å². The van der Waals surface area contributed by atoms with E-state index in [1.54, 1.807) is 12.1 Å². The van der Waals surface area contributed by atoms with E-state index < -0.39 is 22.2 Å². The minimum Gasteiger partial charge on any atom is -0.390 e. The fraction of sp³-hybridized carbons (Fsp3) is 0.444. The molecule has 2 heterocycles. The Kier molecular flexibility index (Phi) is 5.27. The van der Waals surface area contributed by atoms with E-state index in [0.717, 1.165) is 11.3 Å². The van der Waals surface area contributed by atoms with Crippen molar-refractivity contribution in [1.29, 1.82) is 0 Å². The fourth-order valence-electron chi connectivity index (χ4n) is 2.95. The Labute approximate surface area is 154 Å². The van der Waals surface area contributed by atoms with Crippen LogP contribution in [0.4, 0.5) is 5.82 Å². The lowest BCUT2D eigenvalue weighted by atomic mass is 10.0. The number of aryl methyl sites for hydroxylation is 1. The van der Waals surface area contributed by atoms with E-state index in [0.29, 0.717) is 24.8 Å². The maximum absolute atomic E-state index is 12.6. The molecule has 1 fully saturated rings. The highest BCUT2D eigenvalue weighted by Crippen LogP contribution is 2.21. The van der Waals surface area contributed by atoms with Gasteiger partial charge in [-0.15, -0.1) is 5.10 Å². The SMILES string of the molecule is Cc1ccc(N2C[C@H](NS(=O)(=O)c3ccc(C(C)C)cc3)[C@@H](O)C2)nn1. The minimum absolute atomic E-state index is 0.197. The van der Waals surface area contributed by atoms with Crippen molar-refractivity contribution in [3.8, 4) is 0 Å². The van der Waals surface area contributed by atoms with Crippen LogP contribution in [0.1, 0.15) is 31.0 Å². The van der Waals surface area contributed by atoms with E-state index in [1.807, 2.05) is 36.1 Å². The summed E-state index contributed by atoms with van der Waals surface area (Å²) in [4.78, 5) is 2.02. The Morgan fingerprint density at radius 2 is 1.81 bits per heavy atom. The van der Waals surface area contributed by atoms with Crippen molar-refractivity contribution in [3.63, 3.8) is 0 Å². The van der Waals surface area contributed by atoms with Gasteiger partial charge in [-0.2, -0.15) is 5.10 Å². The molecule has 0 amide bonds. The first-order valence-corrected chi connectivity index (χ1v) is 10.1. The summed E-state index contributed by atoms with van der Waals surface area (Å²) < 4.78 is 27.9. The molecular formula is C18H24N4O3S. The molecule has 0 saturated carbocycles. The van der Waals surface area contributed by atoms with Gasteiger partial charge in [0.15, 0.2) is 5.82 Å². The zero-order valence-electron chi connectivity index (χ0n) is 15.1. The molecule has 7 nitrogen and oxygen atoms in total. The summed E-state index contributed by atoms with van der Waals surface area (Å²) in [5, 5.41) is 18.4. The van der Waals surface area contributed by atoms with Gasteiger partial charge in [0.2, 0.25) is 10.0 Å². The van der Waals surface area contributed by atoms with Crippen LogP contribution in [0.2, 0.25) is 0 Å². The third kappa shape index (κ3) is 4.03. The normalized spacial score (nSPS) is 20.7. The van der Waals surface area contributed by atoms with E-state index in [1.165, 1.54) is 0 Å². The third-order valence-corrected chi connectivity index (χ3v) is 6.07. The molecule has 1 aliphatic rings. The second kappa shape index (κ2) is 7.30. The number of rotatable bonds is 5. The molecule has 2 N–H and O–H groups in total. The number of aromatic nitrogens is 2. The smallest absolute Gasteiger partial charge is 0.240 e. The van der Waals surface area contributed by atoms with Crippen molar-refractivity contribution < 1.29 is 13.5 Å². The summed E-state index contributed by atoms with van der Waals surface area (Å²) in [5.41, 5.74) is 1.88. The average molecular weight is 376 g/mol. The molecule has 0 bridgehead atoms. The molecule has 8 heteroatoms. The van der Waals surface area contributed by atoms with Crippen molar-refractivity contribution in [2.45, 2.75) is 43.7 Å². The predicted octanol–water partition coefficient (Wildman–Crippen LogP) is 1.44. The van der Waals surface area contributed by atoms with Crippen LogP contribution in [-0.2, 0) is 10.0 Å². The van der Waals surface area contributed by atoms with Crippen LogP contribution in [-0.4, -0.2) is 49.0 Å². The number of aliphatic hydroxyl groups is 1. The van der Waals surface area contributed by atoms with Crippen LogP contribution in [0.5, 0.6) is 0 Å². The number of β-amino-alcohol motifs (C(OH)–C–C–N with tert-alkyl or cyclic N) is 1. The molecule has 0 aliphatic carbocycles. The Balaban J connectivity index is 1.72. The highest BCUT2D eigenvalue weighted by Gasteiger charge is 2.35. The highest BCUT2D eigenvalue weighted by molar-refractivity contribution is 7.89. The zero-order chi connectivity index (χ0) is 18.9. The van der Waals surface area contributed by atoms with Gasteiger partial charge in [-0.05, 0) is 42.7 Å². The van der Waals surface area contributed by atoms with Gasteiger partial charge in [0.1, 0.15) is 0 Å². The molecule has 2 atom stereocenters. The number of hydrogen-bond donors (Lipinski definition) is 2. The molecule has 1 aliphatic heterocycles. The van der Waals surface area contributed by atoms with Crippen molar-refractivity contribution in [2.24, 2.45) is 0 Å². The van der Waals surface area contributed by atoms with E-state index in [2.05, 4.69) is 28.8 Å². The summed E-state index contributed by atoms with van der Waals surface area (Å²) in [6, 6.07) is 9.88. The maximum Gasteiger partial charge on any atom is 0.240 e. The minimum atomic E-state index is -3.70. The van der Waals surface area contributed by atoms with Crippen molar-refractivity contribution in [1.82, 2.24) is 14.9 Å². The highest BCUT2D eigenvalue weighted by atomic mass is 32.2. The van der Waals surface area contributed by atoms with Gasteiger partial charge >= 0.3 is 0 Å². The second-order valence-electron chi connectivity index (χ2n) is 6.96. The molecule has 0 radical (unpaired) electrons. The van der Waals surface area contributed by atoms with Gasteiger partial charge in [-0.3, -0.25) is 0 Å². The molecule has 0 spiro atoms. The van der Waals surface area contributed by atoms with Gasteiger partial charge in [0.25, 0.3) is 0 Å². The van der Waals surface area contributed by atoms with Crippen LogP contribution >= 0.6 is 0 Å². The number of aliphatic hydroxyl groups excluding tert-OH is 1. The Morgan fingerprint density at radius 1 is 1.12 bits per heavy atom. The largest absolute Gasteiger partial charge is 0.390 e. The molecule has 2 aromatic rings. The summed E-state index contributed by atoms with van der Waals surface area (Å²) in [6.45, 7) is 6.59. The molecule has 1 aromatic carbocycles. The number of nitrogens with zero attached hydrogens (tertiary/aromatic N) is 3. The summed E-state index contributed by atoms with van der Waals surface area (Å²) >= 11 is 0. The number of hydrogen-bond acceptors (Lipinski definition) is 6. The first-order chi connectivity index (χ1) is 12.3. The average Bonchev–Trinajstić information content (AvgIpc) is 2.95. The molecular weight excluding hydrogens is 352 g/mol. The van der Waals surface area contributed by atoms with Crippen LogP contribution < -0.4 is 9.62 Å². The van der Waals surface area contributed by atoms with Crippen LogP contribution in [0, 0.1) is 6.92 Å². The first kappa shape index (κ1) is 18.8. The summed E-state index contributed by atoms with van der Waals surface area (Å²) in [5.74, 6) is 0.957. The molecule has 3 rings (SSSR count). The third-order valence-electron chi connectivity index (χ3n) is 4.56. The standard InChI is InChI=1S/C18H24N4O3S/c1-12(2)14-5-7-15(8-6-14)26(24,25)21-16-10-22(11-17(16)23)18-9-4-13(3)19-20-18/h4-9,12,16-17,21,23H,10-11H2,1-3H3/t16-,17-/m0/s1. The topological polar surface area (TPSA) is 95.4 Å². The van der Waals surface area contributed by atoms with Crippen molar-refractivity contribution >= 4 is 15.8 Å². The monoisotopic (exact) mass is 376 g/mol. The van der Waals surface area contributed by atoms with Gasteiger partial charge in [0.05, 0.1) is 22.7 Å².